The van der Waals surface area contributed by atoms with Crippen LogP contribution in [0.4, 0.5) is 11.8 Å². The quantitative estimate of drug-likeness (QED) is 0.361. The van der Waals surface area contributed by atoms with Gasteiger partial charge in [0.25, 0.3) is 0 Å². The Morgan fingerprint density at radius 3 is 2.47 bits per heavy atom. The molecule has 6 heteroatoms. The van der Waals surface area contributed by atoms with Crippen molar-refractivity contribution in [1.82, 2.24) is 15.3 Å². The Hall–Kier alpha value is -2.86. The first-order chi connectivity index (χ1) is 16.6. The number of unbranched alkanes of at least 4 members (excludes halogenated alkanes) is 1. The van der Waals surface area contributed by atoms with Crippen molar-refractivity contribution in [2.24, 2.45) is 5.92 Å². The molecule has 0 aliphatic heterocycles. The van der Waals surface area contributed by atoms with E-state index in [9.17, 15) is 0 Å². The monoisotopic (exact) mass is 461 g/mol. The SMILES string of the molecule is CCCCOc1ccc(CNC[C@H]2CC[C@@H](Nc3nc(N(C)C)c4ccccc4n3)CC2)cc1. The van der Waals surface area contributed by atoms with E-state index in [1.807, 2.05) is 26.2 Å². The van der Waals surface area contributed by atoms with Crippen LogP contribution in [-0.4, -0.2) is 43.3 Å². The molecule has 0 radical (unpaired) electrons. The van der Waals surface area contributed by atoms with Crippen LogP contribution in [-0.2, 0) is 6.54 Å². The van der Waals surface area contributed by atoms with Crippen molar-refractivity contribution in [3.8, 4) is 5.75 Å². The number of fused-ring (bicyclic) bond motifs is 1. The van der Waals surface area contributed by atoms with Gasteiger partial charge in [0, 0.05) is 32.1 Å². The number of hydrogen-bond donors (Lipinski definition) is 2. The van der Waals surface area contributed by atoms with Gasteiger partial charge in [-0.1, -0.05) is 37.6 Å². The van der Waals surface area contributed by atoms with Crippen molar-refractivity contribution in [3.05, 3.63) is 54.1 Å². The normalized spacial score (nSPS) is 18.1. The molecule has 6 nitrogen and oxygen atoms in total. The van der Waals surface area contributed by atoms with Crippen molar-refractivity contribution in [2.45, 2.75) is 58.0 Å². The predicted octanol–water partition coefficient (Wildman–Crippen LogP) is 5.64. The number of rotatable bonds is 11. The third kappa shape index (κ3) is 6.60. The Bertz CT molecular complexity index is 1030. The highest BCUT2D eigenvalue weighted by atomic mass is 16.5. The molecule has 1 aliphatic carbocycles. The van der Waals surface area contributed by atoms with Gasteiger partial charge in [-0.2, -0.15) is 4.98 Å². The molecule has 0 atom stereocenters. The van der Waals surface area contributed by atoms with Crippen LogP contribution in [0.3, 0.4) is 0 Å². The van der Waals surface area contributed by atoms with Crippen LogP contribution in [0.25, 0.3) is 10.9 Å². The maximum absolute atomic E-state index is 5.76. The van der Waals surface area contributed by atoms with Crippen LogP contribution in [0, 0.1) is 5.92 Å². The highest BCUT2D eigenvalue weighted by Crippen LogP contribution is 2.28. The standard InChI is InChI=1S/C28H39N5O/c1-4-5-18-34-24-16-12-22(13-17-24)20-29-19-21-10-14-23(15-11-21)30-28-31-26-9-7-6-8-25(26)27(32-28)33(2)3/h6-9,12-13,16-17,21,23,29H,4-5,10-11,14-15,18-20H2,1-3H3,(H,30,31,32)/t21-,23+. The second-order valence-corrected chi connectivity index (χ2v) is 9.62. The lowest BCUT2D eigenvalue weighted by Crippen LogP contribution is -2.31. The van der Waals surface area contributed by atoms with E-state index >= 15 is 0 Å². The average molecular weight is 462 g/mol. The topological polar surface area (TPSA) is 62.3 Å². The zero-order valence-electron chi connectivity index (χ0n) is 20.9. The fraction of sp³-hybridized carbons (Fsp3) is 0.500. The van der Waals surface area contributed by atoms with E-state index in [-0.39, 0.29) is 0 Å². The molecule has 1 fully saturated rings. The fourth-order valence-corrected chi connectivity index (χ4v) is 4.62. The number of benzene rings is 2. The van der Waals surface area contributed by atoms with Gasteiger partial charge in [0.1, 0.15) is 11.6 Å². The van der Waals surface area contributed by atoms with E-state index in [2.05, 4.69) is 58.9 Å². The number of hydrogen-bond acceptors (Lipinski definition) is 6. The first kappa shape index (κ1) is 24.3. The van der Waals surface area contributed by atoms with E-state index < -0.39 is 0 Å². The minimum Gasteiger partial charge on any atom is -0.494 e. The summed E-state index contributed by atoms with van der Waals surface area (Å²) < 4.78 is 5.76. The third-order valence-electron chi connectivity index (χ3n) is 6.64. The smallest absolute Gasteiger partial charge is 0.225 e. The Balaban J connectivity index is 1.21. The number of nitrogens with zero attached hydrogens (tertiary/aromatic N) is 3. The maximum Gasteiger partial charge on any atom is 0.225 e. The van der Waals surface area contributed by atoms with Crippen molar-refractivity contribution < 1.29 is 4.74 Å². The van der Waals surface area contributed by atoms with Gasteiger partial charge in [0.15, 0.2) is 0 Å². The molecule has 182 valence electrons. The van der Waals surface area contributed by atoms with Gasteiger partial charge in [0.05, 0.1) is 12.1 Å². The molecular formula is C28H39N5O. The number of para-hydroxylation sites is 1. The van der Waals surface area contributed by atoms with Gasteiger partial charge in [-0.3, -0.25) is 0 Å². The largest absolute Gasteiger partial charge is 0.494 e. The summed E-state index contributed by atoms with van der Waals surface area (Å²) in [7, 11) is 4.07. The highest BCUT2D eigenvalue weighted by molar-refractivity contribution is 5.90. The number of aromatic nitrogens is 2. The Kier molecular flexibility index (Phi) is 8.58. The zero-order valence-corrected chi connectivity index (χ0v) is 20.9. The van der Waals surface area contributed by atoms with Crippen molar-refractivity contribution in [1.29, 1.82) is 0 Å². The number of nitrogens with one attached hydrogen (secondary N) is 2. The van der Waals surface area contributed by atoms with Crippen molar-refractivity contribution in [3.63, 3.8) is 0 Å². The van der Waals surface area contributed by atoms with Gasteiger partial charge < -0.3 is 20.3 Å². The molecule has 0 unspecified atom stereocenters. The minimum atomic E-state index is 0.438. The van der Waals surface area contributed by atoms with Crippen LogP contribution in [0.15, 0.2) is 48.5 Å². The summed E-state index contributed by atoms with van der Waals surface area (Å²) in [6, 6.07) is 17.2. The molecule has 34 heavy (non-hydrogen) atoms. The molecule has 3 aromatic rings. The van der Waals surface area contributed by atoms with E-state index in [0.717, 1.165) is 79.7 Å². The van der Waals surface area contributed by atoms with Gasteiger partial charge in [-0.05, 0) is 74.4 Å². The molecule has 2 aromatic carbocycles. The van der Waals surface area contributed by atoms with Crippen LogP contribution in [0.2, 0.25) is 0 Å². The van der Waals surface area contributed by atoms with Crippen LogP contribution in [0.1, 0.15) is 51.0 Å². The summed E-state index contributed by atoms with van der Waals surface area (Å²) >= 11 is 0. The van der Waals surface area contributed by atoms with Crippen LogP contribution in [0.5, 0.6) is 5.75 Å². The van der Waals surface area contributed by atoms with Gasteiger partial charge >= 0.3 is 0 Å². The molecule has 1 saturated carbocycles. The fourth-order valence-electron chi connectivity index (χ4n) is 4.62. The van der Waals surface area contributed by atoms with Gasteiger partial charge in [0.2, 0.25) is 5.95 Å². The van der Waals surface area contributed by atoms with Crippen molar-refractivity contribution >= 4 is 22.7 Å². The molecule has 1 aromatic heterocycles. The third-order valence-corrected chi connectivity index (χ3v) is 6.64. The summed E-state index contributed by atoms with van der Waals surface area (Å²) in [4.78, 5) is 11.6. The Morgan fingerprint density at radius 2 is 1.74 bits per heavy atom. The molecule has 0 saturated heterocycles. The van der Waals surface area contributed by atoms with E-state index in [4.69, 9.17) is 14.7 Å². The van der Waals surface area contributed by atoms with Crippen molar-refractivity contribution in [2.75, 3.05) is 37.5 Å². The summed E-state index contributed by atoms with van der Waals surface area (Å²) in [6.07, 6.45) is 7.03. The summed E-state index contributed by atoms with van der Waals surface area (Å²) in [5.74, 6) is 3.40. The van der Waals surface area contributed by atoms with E-state index in [1.54, 1.807) is 0 Å². The average Bonchev–Trinajstić information content (AvgIpc) is 2.85. The highest BCUT2D eigenvalue weighted by Gasteiger charge is 2.22. The van der Waals surface area contributed by atoms with Crippen LogP contribution < -0.4 is 20.3 Å². The Morgan fingerprint density at radius 1 is 0.971 bits per heavy atom. The molecular weight excluding hydrogens is 422 g/mol. The first-order valence-electron chi connectivity index (χ1n) is 12.8. The lowest BCUT2D eigenvalue weighted by Gasteiger charge is -2.29. The maximum atomic E-state index is 5.76. The van der Waals surface area contributed by atoms with Gasteiger partial charge in [-0.25, -0.2) is 4.98 Å². The van der Waals surface area contributed by atoms with E-state index in [0.29, 0.717) is 6.04 Å². The summed E-state index contributed by atoms with van der Waals surface area (Å²) in [5, 5.41) is 8.36. The molecule has 0 amide bonds. The molecule has 4 rings (SSSR count). The van der Waals surface area contributed by atoms with Gasteiger partial charge in [-0.15, -0.1) is 0 Å². The molecule has 1 aliphatic rings. The lowest BCUT2D eigenvalue weighted by molar-refractivity contribution is 0.309. The molecule has 0 bridgehead atoms. The molecule has 2 N–H and O–H groups in total. The number of anilines is 2. The second-order valence-electron chi connectivity index (χ2n) is 9.62. The first-order valence-corrected chi connectivity index (χ1v) is 12.8. The Labute approximate surface area is 204 Å². The predicted molar refractivity (Wildman–Crippen MR) is 142 cm³/mol. The zero-order chi connectivity index (χ0) is 23.8. The lowest BCUT2D eigenvalue weighted by atomic mass is 9.86. The van der Waals surface area contributed by atoms with Crippen LogP contribution >= 0.6 is 0 Å². The summed E-state index contributed by atoms with van der Waals surface area (Å²) in [5.41, 5.74) is 2.30. The number of ether oxygens (including phenoxy) is 1. The van der Waals surface area contributed by atoms with E-state index in [1.165, 1.54) is 18.4 Å². The molecule has 1 heterocycles. The second kappa shape index (κ2) is 12.0. The minimum absolute atomic E-state index is 0.438. The molecule has 0 spiro atoms. The summed E-state index contributed by atoms with van der Waals surface area (Å²) in [6.45, 7) is 4.96.